The fourth-order valence-corrected chi connectivity index (χ4v) is 3.11. The van der Waals surface area contributed by atoms with Gasteiger partial charge in [0.05, 0.1) is 12.6 Å². The summed E-state index contributed by atoms with van der Waals surface area (Å²) in [6.45, 7) is -0.0196. The molecule has 0 aliphatic heterocycles. The second kappa shape index (κ2) is 9.30. The van der Waals surface area contributed by atoms with Crippen LogP contribution in [0.4, 0.5) is 0 Å². The smallest absolute Gasteiger partial charge is 0.239 e. The molecule has 0 saturated heterocycles. The van der Waals surface area contributed by atoms with Gasteiger partial charge in [-0.2, -0.15) is 0 Å². The van der Waals surface area contributed by atoms with Crippen molar-refractivity contribution in [1.82, 2.24) is 10.6 Å². The summed E-state index contributed by atoms with van der Waals surface area (Å²) in [6.07, 6.45) is 5.62. The van der Waals surface area contributed by atoms with E-state index in [1.165, 1.54) is 12.8 Å². The van der Waals surface area contributed by atoms with Crippen molar-refractivity contribution < 1.29 is 14.7 Å². The van der Waals surface area contributed by atoms with E-state index in [-0.39, 0.29) is 31.0 Å². The minimum absolute atomic E-state index is 0.00607. The van der Waals surface area contributed by atoms with Crippen molar-refractivity contribution in [2.24, 2.45) is 5.92 Å². The molecule has 5 heteroatoms. The van der Waals surface area contributed by atoms with Crippen LogP contribution >= 0.6 is 0 Å². The Morgan fingerprint density at radius 3 is 2.48 bits per heavy atom. The van der Waals surface area contributed by atoms with E-state index in [4.69, 9.17) is 5.11 Å². The van der Waals surface area contributed by atoms with Crippen molar-refractivity contribution in [2.45, 2.75) is 44.6 Å². The highest BCUT2D eigenvalue weighted by atomic mass is 16.3. The minimum atomic E-state index is -0.236. The highest BCUT2D eigenvalue weighted by molar-refractivity contribution is 5.85. The third-order valence-corrected chi connectivity index (χ3v) is 4.35. The molecule has 0 bridgehead atoms. The molecule has 3 N–H and O–H groups in total. The van der Waals surface area contributed by atoms with Gasteiger partial charge in [-0.1, -0.05) is 43.2 Å². The molecular weight excluding hydrogens is 292 g/mol. The zero-order chi connectivity index (χ0) is 16.5. The number of benzene rings is 1. The number of aliphatic hydroxyl groups excluding tert-OH is 1. The Morgan fingerprint density at radius 1 is 1.13 bits per heavy atom. The zero-order valence-electron chi connectivity index (χ0n) is 13.5. The average Bonchev–Trinajstić information content (AvgIpc) is 3.06. The van der Waals surface area contributed by atoms with E-state index in [0.717, 1.165) is 18.4 Å². The first-order valence-corrected chi connectivity index (χ1v) is 8.41. The van der Waals surface area contributed by atoms with Crippen LogP contribution in [0.1, 0.15) is 50.1 Å². The molecule has 1 aliphatic carbocycles. The molecular formula is C18H26N2O3. The fourth-order valence-electron chi connectivity index (χ4n) is 3.11. The molecule has 1 saturated carbocycles. The first kappa shape index (κ1) is 17.5. The third-order valence-electron chi connectivity index (χ3n) is 4.35. The molecule has 0 heterocycles. The summed E-state index contributed by atoms with van der Waals surface area (Å²) in [5.41, 5.74) is 0.951. The van der Waals surface area contributed by atoms with Crippen LogP contribution < -0.4 is 10.6 Å². The van der Waals surface area contributed by atoms with E-state index >= 15 is 0 Å². The molecule has 1 unspecified atom stereocenters. The molecule has 1 aromatic carbocycles. The number of rotatable bonds is 8. The van der Waals surface area contributed by atoms with Gasteiger partial charge < -0.3 is 15.7 Å². The lowest BCUT2D eigenvalue weighted by molar-refractivity contribution is -0.127. The molecule has 2 rings (SSSR count). The Hall–Kier alpha value is -1.88. The van der Waals surface area contributed by atoms with Gasteiger partial charge in [0.15, 0.2) is 0 Å². The van der Waals surface area contributed by atoms with E-state index in [2.05, 4.69) is 10.6 Å². The number of aliphatic hydroxyl groups is 1. The zero-order valence-corrected chi connectivity index (χ0v) is 13.5. The maximum absolute atomic E-state index is 12.0. The first-order valence-electron chi connectivity index (χ1n) is 8.41. The molecule has 0 aromatic heterocycles. The molecule has 5 nitrogen and oxygen atoms in total. The quantitative estimate of drug-likeness (QED) is 0.685. The van der Waals surface area contributed by atoms with Crippen molar-refractivity contribution in [3.63, 3.8) is 0 Å². The van der Waals surface area contributed by atoms with Gasteiger partial charge in [0, 0.05) is 13.0 Å². The van der Waals surface area contributed by atoms with Crippen molar-refractivity contribution in [2.75, 3.05) is 13.2 Å². The Kier molecular flexibility index (Phi) is 7.07. The van der Waals surface area contributed by atoms with E-state index in [1.807, 2.05) is 30.3 Å². The number of hydrogen-bond donors (Lipinski definition) is 3. The highest BCUT2D eigenvalue weighted by Crippen LogP contribution is 2.27. The lowest BCUT2D eigenvalue weighted by atomic mass is 10.0. The lowest BCUT2D eigenvalue weighted by Gasteiger charge is -2.18. The van der Waals surface area contributed by atoms with Gasteiger partial charge in [-0.15, -0.1) is 0 Å². The minimum Gasteiger partial charge on any atom is -0.396 e. The summed E-state index contributed by atoms with van der Waals surface area (Å²) in [7, 11) is 0. The monoisotopic (exact) mass is 318 g/mol. The molecule has 0 spiro atoms. The maximum atomic E-state index is 12.0. The number of hydrogen-bond acceptors (Lipinski definition) is 3. The summed E-state index contributed by atoms with van der Waals surface area (Å²) in [6, 6.07) is 9.30. The Labute approximate surface area is 137 Å². The van der Waals surface area contributed by atoms with Gasteiger partial charge in [0.2, 0.25) is 11.8 Å². The van der Waals surface area contributed by atoms with Crippen LogP contribution in [0.5, 0.6) is 0 Å². The van der Waals surface area contributed by atoms with Crippen LogP contribution in [0.2, 0.25) is 0 Å². The topological polar surface area (TPSA) is 78.4 Å². The number of amides is 2. The van der Waals surface area contributed by atoms with Gasteiger partial charge in [0.25, 0.3) is 0 Å². The van der Waals surface area contributed by atoms with Crippen LogP contribution in [-0.2, 0) is 9.59 Å². The van der Waals surface area contributed by atoms with Crippen molar-refractivity contribution >= 4 is 11.8 Å². The molecule has 2 amide bonds. The average molecular weight is 318 g/mol. The molecule has 1 fully saturated rings. The van der Waals surface area contributed by atoms with E-state index in [0.29, 0.717) is 18.8 Å². The van der Waals surface area contributed by atoms with Crippen LogP contribution in [0.15, 0.2) is 30.3 Å². The Balaban J connectivity index is 1.76. The number of nitrogens with one attached hydrogen (secondary N) is 2. The van der Waals surface area contributed by atoms with Crippen LogP contribution in [0, 0.1) is 5.92 Å². The molecule has 1 aromatic rings. The normalized spacial score (nSPS) is 16.0. The molecule has 126 valence electrons. The van der Waals surface area contributed by atoms with Crippen molar-refractivity contribution in [1.29, 1.82) is 0 Å². The van der Waals surface area contributed by atoms with Crippen molar-refractivity contribution in [3.8, 4) is 0 Å². The molecule has 1 aliphatic rings. The first-order chi connectivity index (χ1) is 11.2. The van der Waals surface area contributed by atoms with Gasteiger partial charge >= 0.3 is 0 Å². The van der Waals surface area contributed by atoms with Crippen LogP contribution in [-0.4, -0.2) is 30.1 Å². The summed E-state index contributed by atoms with van der Waals surface area (Å²) >= 11 is 0. The van der Waals surface area contributed by atoms with E-state index < -0.39 is 0 Å². The molecule has 23 heavy (non-hydrogen) atoms. The third kappa shape index (κ3) is 6.02. The second-order valence-electron chi connectivity index (χ2n) is 6.17. The van der Waals surface area contributed by atoms with Crippen LogP contribution in [0.25, 0.3) is 0 Å². The van der Waals surface area contributed by atoms with Gasteiger partial charge in [-0.3, -0.25) is 9.59 Å². The number of carbonyl (C=O) groups is 2. The summed E-state index contributed by atoms with van der Waals surface area (Å²) in [4.78, 5) is 23.9. The summed E-state index contributed by atoms with van der Waals surface area (Å²) < 4.78 is 0. The van der Waals surface area contributed by atoms with Crippen LogP contribution in [0.3, 0.4) is 0 Å². The Morgan fingerprint density at radius 2 is 1.83 bits per heavy atom. The SMILES string of the molecule is O=C(CC1CCCC1)NCC(=O)NC(CCO)c1ccccc1. The summed E-state index contributed by atoms with van der Waals surface area (Å²) in [5, 5.41) is 14.7. The standard InChI is InChI=1S/C18H26N2O3/c21-11-10-16(15-8-2-1-3-9-15)20-18(23)13-19-17(22)12-14-6-4-5-7-14/h1-3,8-9,14,16,21H,4-7,10-13H2,(H,19,22)(H,20,23). The molecule has 0 radical (unpaired) electrons. The maximum Gasteiger partial charge on any atom is 0.239 e. The van der Waals surface area contributed by atoms with Crippen molar-refractivity contribution in [3.05, 3.63) is 35.9 Å². The van der Waals surface area contributed by atoms with E-state index in [9.17, 15) is 9.59 Å². The number of carbonyl (C=O) groups excluding carboxylic acids is 2. The highest BCUT2D eigenvalue weighted by Gasteiger charge is 2.19. The van der Waals surface area contributed by atoms with Gasteiger partial charge in [-0.25, -0.2) is 0 Å². The lowest BCUT2D eigenvalue weighted by Crippen LogP contribution is -2.39. The predicted molar refractivity (Wildman–Crippen MR) is 88.6 cm³/mol. The largest absolute Gasteiger partial charge is 0.396 e. The summed E-state index contributed by atoms with van der Waals surface area (Å²) in [5.74, 6) is 0.196. The van der Waals surface area contributed by atoms with Gasteiger partial charge in [-0.05, 0) is 30.7 Å². The molecule has 1 atom stereocenters. The second-order valence-corrected chi connectivity index (χ2v) is 6.17. The Bertz CT molecular complexity index is 498. The van der Waals surface area contributed by atoms with Gasteiger partial charge in [0.1, 0.15) is 0 Å². The predicted octanol–water partition coefficient (Wildman–Crippen LogP) is 1.92. The fraction of sp³-hybridized carbons (Fsp3) is 0.556. The van der Waals surface area contributed by atoms with E-state index in [1.54, 1.807) is 0 Å².